The summed E-state index contributed by atoms with van der Waals surface area (Å²) in [5, 5.41) is 9.58. The van der Waals surface area contributed by atoms with Crippen LogP contribution in [0.2, 0.25) is 0 Å². The zero-order valence-corrected chi connectivity index (χ0v) is 8.26. The van der Waals surface area contributed by atoms with E-state index in [1.165, 1.54) is 5.56 Å². The summed E-state index contributed by atoms with van der Waals surface area (Å²) in [7, 11) is 0. The quantitative estimate of drug-likeness (QED) is 0.693. The highest BCUT2D eigenvalue weighted by molar-refractivity contribution is 5.14. The molecule has 14 heavy (non-hydrogen) atoms. The second kappa shape index (κ2) is 5.58. The Morgan fingerprint density at radius 3 is 2.57 bits per heavy atom. The van der Waals surface area contributed by atoms with Gasteiger partial charge < -0.3 is 10.8 Å². The summed E-state index contributed by atoms with van der Waals surface area (Å²) in [6, 6.07) is 9.75. The zero-order valence-electron chi connectivity index (χ0n) is 8.26. The summed E-state index contributed by atoms with van der Waals surface area (Å²) in [5.74, 6) is 0. The van der Waals surface area contributed by atoms with Crippen molar-refractivity contribution < 1.29 is 5.11 Å². The van der Waals surface area contributed by atoms with Crippen LogP contribution < -0.4 is 5.73 Å². The molecule has 0 unspecified atom stereocenters. The fraction of sp³-hybridized carbons (Fsp3) is 0.333. The molecule has 1 rings (SSSR count). The van der Waals surface area contributed by atoms with Crippen molar-refractivity contribution in [2.75, 3.05) is 0 Å². The molecule has 0 amide bonds. The van der Waals surface area contributed by atoms with Gasteiger partial charge in [-0.05, 0) is 18.4 Å². The van der Waals surface area contributed by atoms with Gasteiger partial charge in [0.05, 0.1) is 6.10 Å². The highest BCUT2D eigenvalue weighted by atomic mass is 16.3. The number of aryl methyl sites for hydroxylation is 1. The fourth-order valence-corrected chi connectivity index (χ4v) is 1.31. The van der Waals surface area contributed by atoms with Gasteiger partial charge in [-0.15, -0.1) is 6.58 Å². The molecule has 0 radical (unpaired) electrons. The van der Waals surface area contributed by atoms with E-state index in [0.717, 1.165) is 6.42 Å². The summed E-state index contributed by atoms with van der Waals surface area (Å²) in [6.07, 6.45) is 2.61. The number of aliphatic hydroxyl groups excluding tert-OH is 1. The molecular formula is C12H17NO. The Morgan fingerprint density at radius 1 is 1.36 bits per heavy atom. The third-order valence-electron chi connectivity index (χ3n) is 2.29. The predicted octanol–water partition coefficient (Wildman–Crippen LogP) is 1.49. The molecule has 3 N–H and O–H groups in total. The molecule has 0 saturated heterocycles. The van der Waals surface area contributed by atoms with Crippen molar-refractivity contribution in [1.29, 1.82) is 0 Å². The number of hydrogen-bond donors (Lipinski definition) is 2. The molecule has 0 aliphatic heterocycles. The Bertz CT molecular complexity index is 271. The standard InChI is InChI=1S/C12H17NO/c1-2-11(13)12(14)9-8-10-6-4-3-5-7-10/h2-7,11-12,14H,1,8-9,13H2/t11-,12+/m1/s1. The third-order valence-corrected chi connectivity index (χ3v) is 2.29. The molecular weight excluding hydrogens is 174 g/mol. The molecule has 0 saturated carbocycles. The van der Waals surface area contributed by atoms with Gasteiger partial charge >= 0.3 is 0 Å². The highest BCUT2D eigenvalue weighted by Crippen LogP contribution is 2.06. The van der Waals surface area contributed by atoms with Crippen molar-refractivity contribution in [3.8, 4) is 0 Å². The molecule has 1 aromatic rings. The van der Waals surface area contributed by atoms with Gasteiger partial charge in [-0.1, -0.05) is 36.4 Å². The van der Waals surface area contributed by atoms with Crippen molar-refractivity contribution in [2.24, 2.45) is 5.73 Å². The molecule has 2 nitrogen and oxygen atoms in total. The molecule has 0 bridgehead atoms. The largest absolute Gasteiger partial charge is 0.391 e. The van der Waals surface area contributed by atoms with Gasteiger partial charge in [0.25, 0.3) is 0 Å². The number of aliphatic hydroxyl groups is 1. The SMILES string of the molecule is C=C[C@@H](N)[C@@H](O)CCc1ccccc1. The van der Waals surface area contributed by atoms with Gasteiger partial charge in [-0.2, -0.15) is 0 Å². The second-order valence-corrected chi connectivity index (χ2v) is 3.40. The van der Waals surface area contributed by atoms with Crippen LogP contribution in [-0.2, 0) is 6.42 Å². The molecule has 0 aliphatic rings. The van der Waals surface area contributed by atoms with Crippen LogP contribution in [0.25, 0.3) is 0 Å². The maximum absolute atomic E-state index is 9.58. The van der Waals surface area contributed by atoms with Crippen molar-refractivity contribution in [2.45, 2.75) is 25.0 Å². The lowest BCUT2D eigenvalue weighted by atomic mass is 10.0. The number of rotatable bonds is 5. The molecule has 1 aromatic carbocycles. The Balaban J connectivity index is 2.37. The molecule has 0 aromatic heterocycles. The Labute approximate surface area is 85.1 Å². The molecule has 0 spiro atoms. The van der Waals surface area contributed by atoms with E-state index in [9.17, 15) is 5.11 Å². The van der Waals surface area contributed by atoms with Gasteiger partial charge in [0.15, 0.2) is 0 Å². The van der Waals surface area contributed by atoms with Crippen molar-refractivity contribution in [3.05, 3.63) is 48.6 Å². The first-order valence-electron chi connectivity index (χ1n) is 4.84. The van der Waals surface area contributed by atoms with Crippen LogP contribution in [-0.4, -0.2) is 17.3 Å². The minimum absolute atomic E-state index is 0.321. The van der Waals surface area contributed by atoms with Crippen molar-refractivity contribution >= 4 is 0 Å². The van der Waals surface area contributed by atoms with Gasteiger partial charge in [0, 0.05) is 6.04 Å². The highest BCUT2D eigenvalue weighted by Gasteiger charge is 2.10. The number of nitrogens with two attached hydrogens (primary N) is 1. The first-order valence-corrected chi connectivity index (χ1v) is 4.84. The maximum atomic E-state index is 9.58. The minimum Gasteiger partial charge on any atom is -0.391 e. The lowest BCUT2D eigenvalue weighted by Crippen LogP contribution is -2.32. The van der Waals surface area contributed by atoms with Crippen LogP contribution in [0, 0.1) is 0 Å². The van der Waals surface area contributed by atoms with Crippen LogP contribution in [0.15, 0.2) is 43.0 Å². The summed E-state index contributed by atoms with van der Waals surface area (Å²) in [5.41, 5.74) is 6.84. The van der Waals surface area contributed by atoms with Crippen LogP contribution in [0.1, 0.15) is 12.0 Å². The Morgan fingerprint density at radius 2 is 2.00 bits per heavy atom. The summed E-state index contributed by atoms with van der Waals surface area (Å²) < 4.78 is 0. The topological polar surface area (TPSA) is 46.2 Å². The van der Waals surface area contributed by atoms with E-state index in [1.807, 2.05) is 30.3 Å². The molecule has 2 atom stereocenters. The van der Waals surface area contributed by atoms with E-state index >= 15 is 0 Å². The predicted molar refractivity (Wildman–Crippen MR) is 58.9 cm³/mol. The average Bonchev–Trinajstić information content (AvgIpc) is 2.26. The second-order valence-electron chi connectivity index (χ2n) is 3.40. The van der Waals surface area contributed by atoms with Crippen LogP contribution in [0.5, 0.6) is 0 Å². The van der Waals surface area contributed by atoms with E-state index in [1.54, 1.807) is 6.08 Å². The van der Waals surface area contributed by atoms with E-state index in [-0.39, 0.29) is 6.04 Å². The van der Waals surface area contributed by atoms with E-state index in [2.05, 4.69) is 6.58 Å². The van der Waals surface area contributed by atoms with Crippen molar-refractivity contribution in [3.63, 3.8) is 0 Å². The molecule has 0 heterocycles. The first kappa shape index (κ1) is 11.0. The van der Waals surface area contributed by atoms with Crippen LogP contribution >= 0.6 is 0 Å². The lowest BCUT2D eigenvalue weighted by molar-refractivity contribution is 0.151. The zero-order chi connectivity index (χ0) is 10.4. The van der Waals surface area contributed by atoms with Crippen molar-refractivity contribution in [1.82, 2.24) is 0 Å². The molecule has 0 fully saturated rings. The lowest BCUT2D eigenvalue weighted by Gasteiger charge is -2.14. The molecule has 0 aliphatic carbocycles. The fourth-order valence-electron chi connectivity index (χ4n) is 1.31. The van der Waals surface area contributed by atoms with Crippen LogP contribution in [0.3, 0.4) is 0 Å². The Hall–Kier alpha value is -1.12. The van der Waals surface area contributed by atoms with E-state index < -0.39 is 6.10 Å². The third kappa shape index (κ3) is 3.32. The normalized spacial score (nSPS) is 14.7. The van der Waals surface area contributed by atoms with Gasteiger partial charge in [0.1, 0.15) is 0 Å². The summed E-state index contributed by atoms with van der Waals surface area (Å²) >= 11 is 0. The molecule has 76 valence electrons. The van der Waals surface area contributed by atoms with Crippen LogP contribution in [0.4, 0.5) is 0 Å². The minimum atomic E-state index is -0.493. The van der Waals surface area contributed by atoms with Gasteiger partial charge in [-0.3, -0.25) is 0 Å². The monoisotopic (exact) mass is 191 g/mol. The van der Waals surface area contributed by atoms with E-state index in [0.29, 0.717) is 6.42 Å². The van der Waals surface area contributed by atoms with Gasteiger partial charge in [0.2, 0.25) is 0 Å². The summed E-state index contributed by atoms with van der Waals surface area (Å²) in [4.78, 5) is 0. The number of benzene rings is 1. The smallest absolute Gasteiger partial charge is 0.0729 e. The molecule has 2 heteroatoms. The maximum Gasteiger partial charge on any atom is 0.0729 e. The van der Waals surface area contributed by atoms with E-state index in [4.69, 9.17) is 5.73 Å². The first-order chi connectivity index (χ1) is 6.74. The summed E-state index contributed by atoms with van der Waals surface area (Å²) in [6.45, 7) is 3.55. The van der Waals surface area contributed by atoms with Gasteiger partial charge in [-0.25, -0.2) is 0 Å². The average molecular weight is 191 g/mol. The Kier molecular flexibility index (Phi) is 4.36. The number of hydrogen-bond acceptors (Lipinski definition) is 2.